The lowest BCUT2D eigenvalue weighted by Gasteiger charge is -2.14. The van der Waals surface area contributed by atoms with Crippen molar-refractivity contribution in [2.75, 3.05) is 17.8 Å². The Morgan fingerprint density at radius 2 is 1.97 bits per heavy atom. The summed E-state index contributed by atoms with van der Waals surface area (Å²) in [6.07, 6.45) is 3.37. The van der Waals surface area contributed by atoms with Crippen LogP contribution in [-0.2, 0) is 10.0 Å². The Hall–Kier alpha value is -2.78. The van der Waals surface area contributed by atoms with E-state index in [1.165, 1.54) is 12.3 Å². The fourth-order valence-corrected chi connectivity index (χ4v) is 5.08. The summed E-state index contributed by atoms with van der Waals surface area (Å²) in [6.45, 7) is 4.80. The van der Waals surface area contributed by atoms with Crippen LogP contribution >= 0.6 is 11.6 Å². The first-order valence-corrected chi connectivity index (χ1v) is 11.3. The third kappa shape index (κ3) is 3.82. The minimum absolute atomic E-state index is 0.0386. The van der Waals surface area contributed by atoms with E-state index in [-0.39, 0.29) is 28.0 Å². The number of furan rings is 1. The Morgan fingerprint density at radius 1 is 1.23 bits per heavy atom. The molecule has 3 heterocycles. The Kier molecular flexibility index (Phi) is 5.33. The van der Waals surface area contributed by atoms with Crippen molar-refractivity contribution < 1.29 is 17.6 Å². The molecule has 1 aliphatic heterocycles. The van der Waals surface area contributed by atoms with Gasteiger partial charge in [0.05, 0.1) is 22.5 Å². The van der Waals surface area contributed by atoms with E-state index in [0.29, 0.717) is 29.4 Å². The van der Waals surface area contributed by atoms with Crippen LogP contribution in [0.4, 0.5) is 5.69 Å². The molecule has 1 aromatic carbocycles. The summed E-state index contributed by atoms with van der Waals surface area (Å²) < 4.78 is 34.1. The molecule has 0 radical (unpaired) electrons. The Bertz CT molecular complexity index is 1210. The van der Waals surface area contributed by atoms with Crippen LogP contribution in [0.2, 0.25) is 5.02 Å². The number of benzene rings is 1. The molecule has 4 rings (SSSR count). The zero-order valence-electron chi connectivity index (χ0n) is 16.5. The molecule has 2 aromatic heterocycles. The van der Waals surface area contributed by atoms with E-state index in [1.807, 2.05) is 6.92 Å². The number of aryl methyl sites for hydroxylation is 2. The molecule has 30 heavy (non-hydrogen) atoms. The molecule has 2 N–H and O–H groups in total. The monoisotopic (exact) mass is 448 g/mol. The molecule has 0 atom stereocenters. The number of amides is 1. The number of hydrogen-bond acceptors (Lipinski definition) is 5. The van der Waals surface area contributed by atoms with Gasteiger partial charge in [-0.25, -0.2) is 8.42 Å². The highest BCUT2D eigenvalue weighted by molar-refractivity contribution is 7.92. The smallest absolute Gasteiger partial charge is 0.265 e. The van der Waals surface area contributed by atoms with Crippen molar-refractivity contribution in [3.63, 3.8) is 0 Å². The summed E-state index contributed by atoms with van der Waals surface area (Å²) in [5.41, 5.74) is 1.89. The Balaban J connectivity index is 1.65. The fraction of sp³-hybridized carbons (Fsp3) is 0.300. The summed E-state index contributed by atoms with van der Waals surface area (Å²) in [4.78, 5) is 14.5. The molecule has 1 aliphatic rings. The first kappa shape index (κ1) is 20.5. The van der Waals surface area contributed by atoms with Crippen LogP contribution in [0.1, 0.15) is 34.5 Å². The number of hydrogen-bond donors (Lipinski definition) is 2. The van der Waals surface area contributed by atoms with E-state index in [4.69, 9.17) is 16.0 Å². The molecule has 10 heteroatoms. The molecule has 1 fully saturated rings. The second kappa shape index (κ2) is 7.81. The fourth-order valence-electron chi connectivity index (χ4n) is 3.48. The van der Waals surface area contributed by atoms with Gasteiger partial charge in [0, 0.05) is 19.2 Å². The van der Waals surface area contributed by atoms with E-state index < -0.39 is 10.0 Å². The first-order valence-electron chi connectivity index (χ1n) is 9.48. The molecular weight excluding hydrogens is 428 g/mol. The number of H-pyrrole nitrogens is 1. The third-order valence-electron chi connectivity index (χ3n) is 5.04. The maximum absolute atomic E-state index is 12.9. The van der Waals surface area contributed by atoms with Crippen LogP contribution < -0.4 is 4.72 Å². The summed E-state index contributed by atoms with van der Waals surface area (Å²) >= 11 is 6.16. The van der Waals surface area contributed by atoms with Gasteiger partial charge in [-0.15, -0.1) is 0 Å². The topological polar surface area (TPSA) is 108 Å². The average molecular weight is 449 g/mol. The van der Waals surface area contributed by atoms with E-state index >= 15 is 0 Å². The summed E-state index contributed by atoms with van der Waals surface area (Å²) in [7, 11) is -3.96. The number of sulfonamides is 1. The molecule has 0 spiro atoms. The summed E-state index contributed by atoms with van der Waals surface area (Å²) in [5.74, 6) is 0.261. The number of anilines is 1. The molecular formula is C20H21ClN4O4S. The number of halogens is 1. The second-order valence-electron chi connectivity index (χ2n) is 7.28. The van der Waals surface area contributed by atoms with Gasteiger partial charge in [0.15, 0.2) is 5.76 Å². The molecule has 0 saturated carbocycles. The quantitative estimate of drug-likeness (QED) is 0.613. The van der Waals surface area contributed by atoms with Gasteiger partial charge in [0.1, 0.15) is 16.3 Å². The summed E-state index contributed by atoms with van der Waals surface area (Å²) in [6, 6.07) is 6.42. The van der Waals surface area contributed by atoms with Crippen molar-refractivity contribution in [3.05, 3.63) is 52.4 Å². The van der Waals surface area contributed by atoms with E-state index in [1.54, 1.807) is 30.0 Å². The lowest BCUT2D eigenvalue weighted by Crippen LogP contribution is -2.27. The van der Waals surface area contributed by atoms with Crippen LogP contribution in [0.3, 0.4) is 0 Å². The van der Waals surface area contributed by atoms with E-state index in [0.717, 1.165) is 18.4 Å². The van der Waals surface area contributed by atoms with Gasteiger partial charge in [-0.1, -0.05) is 17.7 Å². The van der Waals surface area contributed by atoms with Gasteiger partial charge in [0.25, 0.3) is 15.9 Å². The number of likely N-dealkylation sites (tertiary alicyclic amines) is 1. The molecule has 0 unspecified atom stereocenters. The highest BCUT2D eigenvalue weighted by atomic mass is 35.5. The lowest BCUT2D eigenvalue weighted by atomic mass is 10.2. The molecule has 1 saturated heterocycles. The van der Waals surface area contributed by atoms with Gasteiger partial charge in [-0.3, -0.25) is 14.6 Å². The number of rotatable bonds is 5. The zero-order chi connectivity index (χ0) is 21.5. The number of nitrogens with one attached hydrogen (secondary N) is 2. The molecule has 0 aliphatic carbocycles. The highest BCUT2D eigenvalue weighted by Crippen LogP contribution is 2.32. The third-order valence-corrected chi connectivity index (χ3v) is 6.83. The number of carbonyl (C=O) groups is 1. The Morgan fingerprint density at radius 3 is 2.67 bits per heavy atom. The average Bonchev–Trinajstić information content (AvgIpc) is 3.43. The van der Waals surface area contributed by atoms with Crippen LogP contribution in [0.5, 0.6) is 0 Å². The van der Waals surface area contributed by atoms with Crippen molar-refractivity contribution in [3.8, 4) is 11.5 Å². The van der Waals surface area contributed by atoms with Crippen LogP contribution in [0.15, 0.2) is 39.8 Å². The second-order valence-corrected chi connectivity index (χ2v) is 9.34. The highest BCUT2D eigenvalue weighted by Gasteiger charge is 2.28. The van der Waals surface area contributed by atoms with Crippen molar-refractivity contribution in [1.82, 2.24) is 15.1 Å². The Labute approximate surface area is 179 Å². The van der Waals surface area contributed by atoms with Gasteiger partial charge in [0.2, 0.25) is 0 Å². The first-order chi connectivity index (χ1) is 14.3. The predicted octanol–water partition coefficient (Wildman–Crippen LogP) is 3.98. The predicted molar refractivity (Wildman–Crippen MR) is 113 cm³/mol. The van der Waals surface area contributed by atoms with Gasteiger partial charge < -0.3 is 9.32 Å². The van der Waals surface area contributed by atoms with E-state index in [2.05, 4.69) is 14.9 Å². The van der Waals surface area contributed by atoms with Crippen molar-refractivity contribution in [2.24, 2.45) is 0 Å². The minimum atomic E-state index is -3.96. The molecule has 158 valence electrons. The van der Waals surface area contributed by atoms with Gasteiger partial charge in [-0.2, -0.15) is 5.10 Å². The number of aromatic nitrogens is 2. The van der Waals surface area contributed by atoms with Gasteiger partial charge in [-0.05, 0) is 44.4 Å². The molecule has 8 nitrogen and oxygen atoms in total. The molecule has 0 bridgehead atoms. The number of aromatic amines is 1. The van der Waals surface area contributed by atoms with Crippen molar-refractivity contribution in [1.29, 1.82) is 0 Å². The number of nitrogens with zero attached hydrogens (tertiary/aromatic N) is 2. The summed E-state index contributed by atoms with van der Waals surface area (Å²) in [5, 5.41) is 7.02. The molecule has 1 amide bonds. The lowest BCUT2D eigenvalue weighted by molar-refractivity contribution is 0.0793. The molecule has 3 aromatic rings. The number of carbonyl (C=O) groups excluding carboxylic acids is 1. The zero-order valence-corrected chi connectivity index (χ0v) is 18.1. The largest absolute Gasteiger partial charge is 0.458 e. The van der Waals surface area contributed by atoms with Crippen LogP contribution in [0.25, 0.3) is 11.5 Å². The van der Waals surface area contributed by atoms with Crippen LogP contribution in [-0.4, -0.2) is 42.5 Å². The maximum Gasteiger partial charge on any atom is 0.265 e. The normalized spacial score (nSPS) is 14.3. The van der Waals surface area contributed by atoms with E-state index in [9.17, 15) is 13.2 Å². The van der Waals surface area contributed by atoms with Crippen molar-refractivity contribution in [2.45, 2.75) is 31.6 Å². The SMILES string of the molecule is Cc1ccc(NS(=O)(=O)c2cc(-c3[nH]ncc3C(=O)N3CCCC3)oc2C)c(Cl)c1. The maximum atomic E-state index is 12.9. The van der Waals surface area contributed by atoms with Gasteiger partial charge >= 0.3 is 0 Å². The van der Waals surface area contributed by atoms with Crippen LogP contribution in [0, 0.1) is 13.8 Å². The van der Waals surface area contributed by atoms with Crippen molar-refractivity contribution >= 4 is 33.2 Å². The standard InChI is InChI=1S/C20H21ClN4O4S/c1-12-5-6-16(15(21)9-12)24-30(27,28)18-10-17(29-13(18)2)19-14(11-22-23-19)20(26)25-7-3-4-8-25/h5-6,9-11,24H,3-4,7-8H2,1-2H3,(H,22,23). The minimum Gasteiger partial charge on any atom is -0.458 e.